The minimum absolute atomic E-state index is 0.0946. The number of ether oxygens (including phenoxy) is 4. The maximum absolute atomic E-state index is 12.6. The van der Waals surface area contributed by atoms with Gasteiger partial charge in [-0.1, -0.05) is 104 Å². The first kappa shape index (κ1) is 38.6. The van der Waals surface area contributed by atoms with Crippen molar-refractivity contribution < 1.29 is 38.1 Å². The molecule has 0 saturated carbocycles. The molecule has 0 aliphatic heterocycles. The van der Waals surface area contributed by atoms with Crippen LogP contribution in [0.2, 0.25) is 0 Å². The van der Waals surface area contributed by atoms with Crippen LogP contribution in [0.4, 0.5) is 0 Å². The first-order valence-electron chi connectivity index (χ1n) is 14.9. The second-order valence-electron chi connectivity index (χ2n) is 10.4. The summed E-state index contributed by atoms with van der Waals surface area (Å²) in [5.74, 6) is -3.03. The molecule has 12 heteroatoms. The molecule has 50 heavy (non-hydrogen) atoms. The number of esters is 4. The van der Waals surface area contributed by atoms with Crippen LogP contribution in [0.1, 0.15) is 25.0 Å². The van der Waals surface area contributed by atoms with Gasteiger partial charge in [0.25, 0.3) is 0 Å². The fourth-order valence-electron chi connectivity index (χ4n) is 4.07. The van der Waals surface area contributed by atoms with Gasteiger partial charge in [0, 0.05) is 11.1 Å². The molecule has 0 fully saturated rings. The lowest BCUT2D eigenvalue weighted by Crippen LogP contribution is -2.20. The van der Waals surface area contributed by atoms with Crippen molar-refractivity contribution in [3.05, 3.63) is 125 Å². The molecular weight excluding hydrogens is 679 g/mol. The lowest BCUT2D eigenvalue weighted by molar-refractivity contribution is -0.147. The molecule has 0 radical (unpaired) electrons. The molecule has 0 heterocycles. The predicted molar refractivity (Wildman–Crippen MR) is 191 cm³/mol. The average Bonchev–Trinajstić information content (AvgIpc) is 3.12. The second-order valence-corrected chi connectivity index (χ2v) is 13.0. The number of hydrogen-bond donors (Lipinski definition) is 0. The molecule has 3 aromatic rings. The van der Waals surface area contributed by atoms with Crippen molar-refractivity contribution in [2.75, 3.05) is 26.4 Å². The molecule has 3 aromatic carbocycles. The van der Waals surface area contributed by atoms with Gasteiger partial charge >= 0.3 is 23.9 Å². The highest BCUT2D eigenvalue weighted by atomic mass is 35.5. The second kappa shape index (κ2) is 19.3. The molecule has 0 N–H and O–H groups in total. The Morgan fingerprint density at radius 2 is 1.10 bits per heavy atom. The van der Waals surface area contributed by atoms with Gasteiger partial charge in [0.15, 0.2) is 5.57 Å². The summed E-state index contributed by atoms with van der Waals surface area (Å²) in [5, 5.41) is 22.0. The van der Waals surface area contributed by atoms with Crippen LogP contribution >= 0.6 is 19.5 Å². The third-order valence-electron chi connectivity index (χ3n) is 6.53. The molecule has 0 aliphatic carbocycles. The number of nitriles is 2. The van der Waals surface area contributed by atoms with Gasteiger partial charge in [0.2, 0.25) is 0 Å². The summed E-state index contributed by atoms with van der Waals surface area (Å²) in [6, 6.07) is 27.9. The Labute approximate surface area is 296 Å². The number of rotatable bonds is 15. The Morgan fingerprint density at radius 3 is 1.56 bits per heavy atom. The monoisotopic (exact) mass is 710 g/mol. The lowest BCUT2D eigenvalue weighted by atomic mass is 10.1. The van der Waals surface area contributed by atoms with Crippen LogP contribution in [-0.4, -0.2) is 50.3 Å². The molecule has 10 nitrogen and oxygen atoms in total. The third kappa shape index (κ3) is 11.1. The summed E-state index contributed by atoms with van der Waals surface area (Å²) in [5.41, 5.74) is 0.818. The van der Waals surface area contributed by atoms with E-state index in [1.165, 1.54) is 19.9 Å². The number of nitrogens with zero attached hydrogens (tertiary/aromatic N) is 2. The van der Waals surface area contributed by atoms with E-state index in [4.69, 9.17) is 30.5 Å². The smallest absolute Gasteiger partial charge is 0.350 e. The zero-order chi connectivity index (χ0) is 36.6. The highest BCUT2D eigenvalue weighted by Gasteiger charge is 2.20. The van der Waals surface area contributed by atoms with Gasteiger partial charge in [-0.05, 0) is 54.9 Å². The van der Waals surface area contributed by atoms with Gasteiger partial charge in [0.05, 0.1) is 5.03 Å². The largest absolute Gasteiger partial charge is 0.459 e. The van der Waals surface area contributed by atoms with Crippen LogP contribution in [0.5, 0.6) is 0 Å². The van der Waals surface area contributed by atoms with E-state index in [1.807, 2.05) is 60.7 Å². The van der Waals surface area contributed by atoms with E-state index in [0.29, 0.717) is 11.1 Å². The summed E-state index contributed by atoms with van der Waals surface area (Å²) in [6.07, 6.45) is 1.41. The van der Waals surface area contributed by atoms with Gasteiger partial charge in [-0.25, -0.2) is 19.2 Å². The normalized spacial score (nSPS) is 11.8. The highest BCUT2D eigenvalue weighted by Crippen LogP contribution is 2.34. The van der Waals surface area contributed by atoms with Crippen LogP contribution < -0.4 is 15.9 Å². The minimum Gasteiger partial charge on any atom is -0.459 e. The number of carbonyl (C=O) groups excluding carboxylic acids is 4. The zero-order valence-electron chi connectivity index (χ0n) is 27.3. The Hall–Kier alpha value is -5.80. The van der Waals surface area contributed by atoms with E-state index in [2.05, 4.69) is 13.2 Å². The van der Waals surface area contributed by atoms with Gasteiger partial charge in [-0.15, -0.1) is 0 Å². The van der Waals surface area contributed by atoms with E-state index in [-0.39, 0.29) is 48.2 Å². The Bertz CT molecular complexity index is 1900. The topological polar surface area (TPSA) is 153 Å². The number of halogens is 1. The predicted octanol–water partition coefficient (Wildman–Crippen LogP) is 5.15. The first-order chi connectivity index (χ1) is 24.0. The molecular formula is C38H32ClN2O8P. The van der Waals surface area contributed by atoms with Crippen LogP contribution in [-0.2, 0) is 38.1 Å². The molecule has 0 saturated heterocycles. The Kier molecular flexibility index (Phi) is 14.9. The number of benzene rings is 3. The van der Waals surface area contributed by atoms with Crippen molar-refractivity contribution in [1.82, 2.24) is 0 Å². The summed E-state index contributed by atoms with van der Waals surface area (Å²) in [4.78, 5) is 48.0. The number of hydrogen-bond acceptors (Lipinski definition) is 10. The van der Waals surface area contributed by atoms with Crippen molar-refractivity contribution in [2.24, 2.45) is 0 Å². The van der Waals surface area contributed by atoms with E-state index in [0.717, 1.165) is 15.9 Å². The molecule has 1 atom stereocenters. The fourth-order valence-corrected chi connectivity index (χ4v) is 6.57. The van der Waals surface area contributed by atoms with E-state index in [9.17, 15) is 29.7 Å². The zero-order valence-corrected chi connectivity index (χ0v) is 29.0. The number of carbonyl (C=O) groups is 4. The first-order valence-corrected chi connectivity index (χ1v) is 16.7. The molecule has 254 valence electrons. The fraction of sp³-hybridized carbons (Fsp3) is 0.158. The SMILES string of the molecule is C=C(C)C(=O)OCCOC(=O)/C(C#N)=C(\Cl)c1ccc(P(c2ccccc2)c2ccc(/C=C(\C#N)C(=O)OCCOC(=O)C(=C)C)cc2)cc1. The summed E-state index contributed by atoms with van der Waals surface area (Å²) < 4.78 is 19.9. The van der Waals surface area contributed by atoms with Gasteiger partial charge < -0.3 is 18.9 Å². The van der Waals surface area contributed by atoms with Crippen LogP contribution in [0, 0.1) is 22.7 Å². The summed E-state index contributed by atoms with van der Waals surface area (Å²) in [6.45, 7) is 9.08. The lowest BCUT2D eigenvalue weighted by Gasteiger charge is -2.20. The van der Waals surface area contributed by atoms with Gasteiger partial charge in [0.1, 0.15) is 44.1 Å². The maximum atomic E-state index is 12.6. The highest BCUT2D eigenvalue weighted by molar-refractivity contribution is 7.79. The van der Waals surface area contributed by atoms with Crippen molar-refractivity contribution >= 4 is 70.4 Å². The summed E-state index contributed by atoms with van der Waals surface area (Å²) >= 11 is 6.47. The van der Waals surface area contributed by atoms with E-state index >= 15 is 0 Å². The van der Waals surface area contributed by atoms with Crippen molar-refractivity contribution in [3.63, 3.8) is 0 Å². The average molecular weight is 711 g/mol. The Morgan fingerprint density at radius 1 is 0.660 bits per heavy atom. The van der Waals surface area contributed by atoms with Crippen molar-refractivity contribution in [2.45, 2.75) is 13.8 Å². The van der Waals surface area contributed by atoms with Crippen molar-refractivity contribution in [3.8, 4) is 12.1 Å². The quantitative estimate of drug-likeness (QED) is 0.0517. The van der Waals surface area contributed by atoms with E-state index < -0.39 is 37.4 Å². The van der Waals surface area contributed by atoms with Crippen LogP contribution in [0.25, 0.3) is 11.1 Å². The van der Waals surface area contributed by atoms with Gasteiger partial charge in [-0.2, -0.15) is 10.5 Å². The third-order valence-corrected chi connectivity index (χ3v) is 9.38. The molecule has 0 aromatic heterocycles. The standard InChI is InChI=1S/C38H32ClN2O8P/c1-25(2)35(42)46-18-20-48-37(44)29(23-40)22-27-10-14-31(15-11-27)50(30-8-6-5-7-9-30)32-16-12-28(13-17-32)34(39)33(24-41)38(45)49-21-19-47-36(43)26(3)4/h5-17,22H,1,3,18-21H2,2,4H3/b29-22+,34-33-. The van der Waals surface area contributed by atoms with Crippen LogP contribution in [0.3, 0.4) is 0 Å². The molecule has 0 aliphatic rings. The Balaban J connectivity index is 1.80. The minimum atomic E-state index is -1.09. The van der Waals surface area contributed by atoms with Gasteiger partial charge in [-0.3, -0.25) is 0 Å². The van der Waals surface area contributed by atoms with E-state index in [1.54, 1.807) is 30.3 Å². The summed E-state index contributed by atoms with van der Waals surface area (Å²) in [7, 11) is -1.09. The maximum Gasteiger partial charge on any atom is 0.350 e. The van der Waals surface area contributed by atoms with Crippen molar-refractivity contribution in [1.29, 1.82) is 10.5 Å². The molecule has 1 unspecified atom stereocenters. The van der Waals surface area contributed by atoms with Crippen LogP contribution in [0.15, 0.2) is 114 Å². The molecule has 3 rings (SSSR count). The molecule has 0 bridgehead atoms. The molecule has 0 spiro atoms. The molecule has 0 amide bonds.